The average molecular weight is 517 g/mol. The first kappa shape index (κ1) is 27.3. The first-order valence-corrected chi connectivity index (χ1v) is 11.8. The molecule has 0 spiro atoms. The topological polar surface area (TPSA) is 104 Å². The fraction of sp³-hybridized carbons (Fsp3) is 0.346. The van der Waals surface area contributed by atoms with Crippen LogP contribution in [-0.4, -0.2) is 46.4 Å². The lowest BCUT2D eigenvalue weighted by Gasteiger charge is -2.35. The number of rotatable bonds is 10. The Bertz CT molecular complexity index is 1220. The molecule has 0 fully saturated rings. The summed E-state index contributed by atoms with van der Waals surface area (Å²) >= 11 is 6.05. The van der Waals surface area contributed by atoms with Gasteiger partial charge < -0.3 is 9.84 Å². The van der Waals surface area contributed by atoms with Crippen LogP contribution in [0.3, 0.4) is 0 Å². The summed E-state index contributed by atoms with van der Waals surface area (Å²) in [5.74, 6) is -0.583. The lowest BCUT2D eigenvalue weighted by molar-refractivity contribution is -0.137. The molecule has 1 aromatic heterocycles. The van der Waals surface area contributed by atoms with Crippen LogP contribution < -0.4 is 10.7 Å². The SMILES string of the molecule is CC(=O)N(NCc1cccc(F)c1Cl)[C@H](COC(=O)Nc1cc2ccccc2cn1)CC(C)(C)CO. The van der Waals surface area contributed by atoms with Crippen LogP contribution in [0.1, 0.15) is 32.8 Å². The number of hydrogen-bond acceptors (Lipinski definition) is 6. The monoisotopic (exact) mass is 516 g/mol. The Labute approximate surface area is 214 Å². The summed E-state index contributed by atoms with van der Waals surface area (Å²) in [6.45, 7) is 4.80. The number of hydrazine groups is 1. The zero-order valence-corrected chi connectivity index (χ0v) is 21.2. The molecule has 2 aromatic carbocycles. The highest BCUT2D eigenvalue weighted by molar-refractivity contribution is 6.31. The summed E-state index contributed by atoms with van der Waals surface area (Å²) in [4.78, 5) is 29.3. The van der Waals surface area contributed by atoms with Crippen molar-refractivity contribution in [2.45, 2.75) is 39.8 Å². The fourth-order valence-corrected chi connectivity index (χ4v) is 3.94. The van der Waals surface area contributed by atoms with Crippen LogP contribution in [0, 0.1) is 11.2 Å². The van der Waals surface area contributed by atoms with Crippen molar-refractivity contribution in [2.24, 2.45) is 5.41 Å². The number of halogens is 2. The second-order valence-corrected chi connectivity index (χ2v) is 9.64. The van der Waals surface area contributed by atoms with Crippen molar-refractivity contribution in [3.63, 3.8) is 0 Å². The van der Waals surface area contributed by atoms with Gasteiger partial charge in [-0.1, -0.05) is 61.8 Å². The number of nitrogens with one attached hydrogen (secondary N) is 2. The minimum Gasteiger partial charge on any atom is -0.447 e. The summed E-state index contributed by atoms with van der Waals surface area (Å²) in [5, 5.41) is 15.5. The molecular weight excluding hydrogens is 487 g/mol. The van der Waals surface area contributed by atoms with Gasteiger partial charge in [0.25, 0.3) is 0 Å². The van der Waals surface area contributed by atoms with Crippen molar-refractivity contribution in [2.75, 3.05) is 18.5 Å². The van der Waals surface area contributed by atoms with Crippen LogP contribution in [0.4, 0.5) is 15.0 Å². The Kier molecular flexibility index (Phi) is 9.19. The van der Waals surface area contributed by atoms with Crippen molar-refractivity contribution in [3.05, 3.63) is 71.1 Å². The smallest absolute Gasteiger partial charge is 0.412 e. The third-order valence-corrected chi connectivity index (χ3v) is 6.08. The number of aliphatic hydroxyl groups is 1. The van der Waals surface area contributed by atoms with Crippen LogP contribution in [0.15, 0.2) is 54.7 Å². The molecule has 192 valence electrons. The van der Waals surface area contributed by atoms with E-state index >= 15 is 0 Å². The molecule has 1 atom stereocenters. The first-order valence-electron chi connectivity index (χ1n) is 11.5. The molecule has 0 saturated heterocycles. The van der Waals surface area contributed by atoms with Gasteiger partial charge in [-0.3, -0.25) is 15.1 Å². The van der Waals surface area contributed by atoms with Gasteiger partial charge in [0.15, 0.2) is 0 Å². The molecule has 0 saturated carbocycles. The number of pyridine rings is 1. The number of aromatic nitrogens is 1. The normalized spacial score (nSPS) is 12.3. The van der Waals surface area contributed by atoms with E-state index in [1.165, 1.54) is 24.1 Å². The molecule has 0 aliphatic heterocycles. The van der Waals surface area contributed by atoms with Gasteiger partial charge in [0.1, 0.15) is 18.2 Å². The van der Waals surface area contributed by atoms with Crippen molar-refractivity contribution in [1.29, 1.82) is 0 Å². The molecule has 3 rings (SSSR count). The van der Waals surface area contributed by atoms with Crippen molar-refractivity contribution in [3.8, 4) is 0 Å². The van der Waals surface area contributed by atoms with E-state index in [4.69, 9.17) is 16.3 Å². The highest BCUT2D eigenvalue weighted by Gasteiger charge is 2.30. The number of benzene rings is 2. The Morgan fingerprint density at radius 2 is 1.92 bits per heavy atom. The van der Waals surface area contributed by atoms with E-state index in [-0.39, 0.29) is 30.7 Å². The summed E-state index contributed by atoms with van der Waals surface area (Å²) in [6.07, 6.45) is 1.23. The summed E-state index contributed by atoms with van der Waals surface area (Å²) in [7, 11) is 0. The van der Waals surface area contributed by atoms with E-state index in [9.17, 15) is 19.1 Å². The van der Waals surface area contributed by atoms with E-state index in [1.54, 1.807) is 18.3 Å². The summed E-state index contributed by atoms with van der Waals surface area (Å²) < 4.78 is 19.3. The third-order valence-electron chi connectivity index (χ3n) is 5.66. The molecule has 3 N–H and O–H groups in total. The molecule has 1 heterocycles. The molecule has 10 heteroatoms. The van der Waals surface area contributed by atoms with Crippen molar-refractivity contribution < 1.29 is 23.8 Å². The summed E-state index contributed by atoms with van der Waals surface area (Å²) in [6, 6.07) is 13.1. The van der Waals surface area contributed by atoms with Gasteiger partial charge in [-0.25, -0.2) is 19.6 Å². The van der Waals surface area contributed by atoms with Crippen LogP contribution in [0.5, 0.6) is 0 Å². The molecule has 0 radical (unpaired) electrons. The minimum absolute atomic E-state index is 0.0424. The molecule has 2 amide bonds. The van der Waals surface area contributed by atoms with Gasteiger partial charge in [0.05, 0.1) is 11.1 Å². The number of carbonyl (C=O) groups is 2. The number of fused-ring (bicyclic) bond motifs is 1. The van der Waals surface area contributed by atoms with Crippen LogP contribution in [0.25, 0.3) is 10.8 Å². The molecule has 3 aromatic rings. The number of carbonyl (C=O) groups excluding carboxylic acids is 2. The highest BCUT2D eigenvalue weighted by atomic mass is 35.5. The standard InChI is InChI=1S/C26H30ClFN4O4/c1-17(34)32(30-14-20-9-6-10-22(28)24(20)27)21(12-26(2,3)16-33)15-36-25(35)31-23-11-18-7-4-5-8-19(18)13-29-23/h4-11,13,21,30,33H,12,14-16H2,1-3H3,(H,29,31,35)/t21-/m0/s1. The molecular formula is C26H30ClFN4O4. The molecule has 0 bridgehead atoms. The van der Waals surface area contributed by atoms with E-state index < -0.39 is 23.4 Å². The maximum Gasteiger partial charge on any atom is 0.412 e. The average Bonchev–Trinajstić information content (AvgIpc) is 2.84. The predicted octanol–water partition coefficient (Wildman–Crippen LogP) is 4.91. The number of anilines is 1. The molecule has 0 aliphatic rings. The van der Waals surface area contributed by atoms with Crippen LogP contribution >= 0.6 is 11.6 Å². The van der Waals surface area contributed by atoms with Gasteiger partial charge in [-0.05, 0) is 34.9 Å². The Morgan fingerprint density at radius 1 is 1.19 bits per heavy atom. The van der Waals surface area contributed by atoms with Crippen molar-refractivity contribution >= 4 is 40.2 Å². The van der Waals surface area contributed by atoms with Gasteiger partial charge in [-0.2, -0.15) is 0 Å². The predicted molar refractivity (Wildman–Crippen MR) is 137 cm³/mol. The maximum absolute atomic E-state index is 13.8. The lowest BCUT2D eigenvalue weighted by atomic mass is 9.86. The summed E-state index contributed by atoms with van der Waals surface area (Å²) in [5.41, 5.74) is 2.86. The molecule has 0 unspecified atom stereocenters. The number of aliphatic hydroxyl groups excluding tert-OH is 1. The number of nitrogens with zero attached hydrogens (tertiary/aromatic N) is 2. The van der Waals surface area contributed by atoms with Crippen molar-refractivity contribution in [1.82, 2.24) is 15.4 Å². The Hall–Kier alpha value is -3.27. The quantitative estimate of drug-likeness (QED) is 0.331. The molecule has 36 heavy (non-hydrogen) atoms. The van der Waals surface area contributed by atoms with E-state index in [2.05, 4.69) is 15.7 Å². The number of hydrogen-bond donors (Lipinski definition) is 3. The Morgan fingerprint density at radius 3 is 2.61 bits per heavy atom. The Balaban J connectivity index is 1.71. The molecule has 0 aliphatic carbocycles. The number of ether oxygens (including phenoxy) is 1. The third kappa shape index (κ3) is 7.36. The maximum atomic E-state index is 13.8. The zero-order chi connectivity index (χ0) is 26.3. The zero-order valence-electron chi connectivity index (χ0n) is 20.4. The van der Waals surface area contributed by atoms with Gasteiger partial charge in [-0.15, -0.1) is 0 Å². The van der Waals surface area contributed by atoms with Gasteiger partial charge in [0, 0.05) is 31.7 Å². The van der Waals surface area contributed by atoms with E-state index in [0.29, 0.717) is 17.8 Å². The van der Waals surface area contributed by atoms with Crippen LogP contribution in [-0.2, 0) is 16.1 Å². The van der Waals surface area contributed by atoms with Gasteiger partial charge >= 0.3 is 6.09 Å². The minimum atomic E-state index is -0.735. The second kappa shape index (κ2) is 12.1. The lowest BCUT2D eigenvalue weighted by Crippen LogP contribution is -2.52. The first-order chi connectivity index (χ1) is 17.1. The van der Waals surface area contributed by atoms with Crippen LogP contribution in [0.2, 0.25) is 5.02 Å². The highest BCUT2D eigenvalue weighted by Crippen LogP contribution is 2.25. The largest absolute Gasteiger partial charge is 0.447 e. The second-order valence-electron chi connectivity index (χ2n) is 9.26. The number of amides is 2. The van der Waals surface area contributed by atoms with Gasteiger partial charge in [0.2, 0.25) is 5.91 Å². The van der Waals surface area contributed by atoms with E-state index in [0.717, 1.165) is 10.8 Å². The fourth-order valence-electron chi connectivity index (χ4n) is 3.74. The van der Waals surface area contributed by atoms with E-state index in [1.807, 2.05) is 38.1 Å². The molecule has 8 nitrogen and oxygen atoms in total.